The Bertz CT molecular complexity index is 852. The number of hydrogen-bond donors (Lipinski definition) is 2. The highest BCUT2D eigenvalue weighted by molar-refractivity contribution is 5.66. The van der Waals surface area contributed by atoms with Crippen LogP contribution in [0.1, 0.15) is 106 Å². The molecular formula is C30H50O5. The van der Waals surface area contributed by atoms with E-state index in [0.717, 1.165) is 31.8 Å². The molecule has 6 unspecified atom stereocenters. The summed E-state index contributed by atoms with van der Waals surface area (Å²) < 4.78 is 12.5. The average molecular weight is 491 g/mol. The first-order valence-electron chi connectivity index (χ1n) is 14.4. The van der Waals surface area contributed by atoms with E-state index in [1.54, 1.807) is 0 Å². The predicted octanol–water partition coefficient (Wildman–Crippen LogP) is 5.50. The maximum absolute atomic E-state index is 11.7. The zero-order valence-corrected chi connectivity index (χ0v) is 23.2. The van der Waals surface area contributed by atoms with Gasteiger partial charge in [0.1, 0.15) is 5.60 Å². The third kappa shape index (κ3) is 3.39. The maximum atomic E-state index is 11.7. The fraction of sp³-hybridized carbons (Fsp3) is 0.967. The summed E-state index contributed by atoms with van der Waals surface area (Å²) in [5.41, 5.74) is 0.961. The molecule has 35 heavy (non-hydrogen) atoms. The molecule has 5 saturated carbocycles. The quantitative estimate of drug-likeness (QED) is 0.500. The lowest BCUT2D eigenvalue weighted by atomic mass is 9.46. The number of carbonyl (C=O) groups is 1. The lowest BCUT2D eigenvalue weighted by Gasteiger charge is -2.59. The second kappa shape index (κ2) is 8.17. The lowest BCUT2D eigenvalue weighted by Crippen LogP contribution is -2.54. The molecule has 1 saturated heterocycles. The Morgan fingerprint density at radius 1 is 0.914 bits per heavy atom. The van der Waals surface area contributed by atoms with Gasteiger partial charge in [-0.3, -0.25) is 4.79 Å². The summed E-state index contributed by atoms with van der Waals surface area (Å²) in [6, 6.07) is 0. The minimum Gasteiger partial charge on any atom is -0.457 e. The number of carbonyl (C=O) groups excluding carboxylic acids is 1. The molecule has 10 atom stereocenters. The van der Waals surface area contributed by atoms with Crippen molar-refractivity contribution in [3.63, 3.8) is 0 Å². The largest absolute Gasteiger partial charge is 0.457 e. The zero-order chi connectivity index (χ0) is 25.6. The van der Waals surface area contributed by atoms with Crippen LogP contribution in [0, 0.1) is 45.3 Å². The summed E-state index contributed by atoms with van der Waals surface area (Å²) in [5.74, 6) is 2.75. The number of aliphatic hydroxyl groups excluding tert-OH is 2. The van der Waals surface area contributed by atoms with E-state index in [1.807, 2.05) is 13.8 Å². The highest BCUT2D eigenvalue weighted by Gasteiger charge is 2.80. The van der Waals surface area contributed by atoms with E-state index in [0.29, 0.717) is 34.2 Å². The summed E-state index contributed by atoms with van der Waals surface area (Å²) in [6.45, 7) is 12.9. The van der Waals surface area contributed by atoms with Crippen LogP contribution in [-0.2, 0) is 14.3 Å². The minimum absolute atomic E-state index is 0.00370. The fourth-order valence-corrected chi connectivity index (χ4v) is 11.2. The van der Waals surface area contributed by atoms with Crippen LogP contribution < -0.4 is 0 Å². The van der Waals surface area contributed by atoms with Crippen LogP contribution in [0.2, 0.25) is 0 Å². The van der Waals surface area contributed by atoms with Crippen molar-refractivity contribution in [1.82, 2.24) is 0 Å². The van der Waals surface area contributed by atoms with Crippen molar-refractivity contribution in [3.05, 3.63) is 0 Å². The van der Waals surface area contributed by atoms with Gasteiger partial charge < -0.3 is 19.7 Å². The highest BCUT2D eigenvalue weighted by atomic mass is 16.6. The van der Waals surface area contributed by atoms with Crippen molar-refractivity contribution in [1.29, 1.82) is 0 Å². The van der Waals surface area contributed by atoms with Crippen molar-refractivity contribution in [2.24, 2.45) is 45.3 Å². The summed E-state index contributed by atoms with van der Waals surface area (Å²) in [7, 11) is 1.00. The third-order valence-corrected chi connectivity index (χ3v) is 12.7. The number of rotatable bonds is 2. The van der Waals surface area contributed by atoms with E-state index in [4.69, 9.17) is 14.6 Å². The van der Waals surface area contributed by atoms with Gasteiger partial charge in [-0.05, 0) is 123 Å². The van der Waals surface area contributed by atoms with Gasteiger partial charge in [-0.1, -0.05) is 20.8 Å². The predicted molar refractivity (Wildman–Crippen MR) is 136 cm³/mol. The molecule has 0 radical (unpaired) electrons. The van der Waals surface area contributed by atoms with Crippen LogP contribution in [0.4, 0.5) is 0 Å². The summed E-state index contributed by atoms with van der Waals surface area (Å²) in [5, 5.41) is 17.8. The van der Waals surface area contributed by atoms with Gasteiger partial charge in [-0.15, -0.1) is 0 Å². The summed E-state index contributed by atoms with van der Waals surface area (Å²) >= 11 is 0. The van der Waals surface area contributed by atoms with Crippen molar-refractivity contribution < 1.29 is 24.5 Å². The molecule has 6 aliphatic rings. The van der Waals surface area contributed by atoms with Gasteiger partial charge in [0, 0.05) is 14.0 Å². The minimum atomic E-state index is -0.556. The Morgan fingerprint density at radius 2 is 1.60 bits per heavy atom. The molecule has 1 heterocycles. The molecule has 2 N–H and O–H groups in total. The Labute approximate surface area is 212 Å². The first-order valence-corrected chi connectivity index (χ1v) is 14.4. The number of hydrogen-bond acceptors (Lipinski definition) is 5. The molecule has 0 bridgehead atoms. The van der Waals surface area contributed by atoms with Gasteiger partial charge in [0.15, 0.2) is 0 Å². The molecule has 5 aliphatic carbocycles. The van der Waals surface area contributed by atoms with Gasteiger partial charge in [0.2, 0.25) is 0 Å². The van der Waals surface area contributed by atoms with Gasteiger partial charge in [0.05, 0.1) is 18.3 Å². The third-order valence-electron chi connectivity index (χ3n) is 12.7. The molecular weight excluding hydrogens is 440 g/mol. The Morgan fingerprint density at radius 3 is 2.29 bits per heavy atom. The molecule has 0 aromatic heterocycles. The normalized spacial score (nSPS) is 51.3. The lowest BCUT2D eigenvalue weighted by molar-refractivity contribution is -0.192. The number of fused-ring (bicyclic) bond motifs is 4. The van der Waals surface area contributed by atoms with Crippen LogP contribution in [0.5, 0.6) is 0 Å². The van der Waals surface area contributed by atoms with Crippen LogP contribution in [0.3, 0.4) is 0 Å². The van der Waals surface area contributed by atoms with Gasteiger partial charge in [-0.2, -0.15) is 0 Å². The fourth-order valence-electron chi connectivity index (χ4n) is 11.2. The van der Waals surface area contributed by atoms with E-state index in [-0.39, 0.29) is 23.6 Å². The van der Waals surface area contributed by atoms with Gasteiger partial charge >= 0.3 is 5.97 Å². The van der Waals surface area contributed by atoms with Crippen LogP contribution in [0.25, 0.3) is 0 Å². The topological polar surface area (TPSA) is 76.0 Å². The molecule has 0 aromatic carbocycles. The summed E-state index contributed by atoms with van der Waals surface area (Å²) in [6.07, 6.45) is 12.7. The Kier molecular flexibility index (Phi) is 6.07. The smallest absolute Gasteiger partial charge is 0.303 e. The van der Waals surface area contributed by atoms with Crippen LogP contribution in [0.15, 0.2) is 0 Å². The van der Waals surface area contributed by atoms with Crippen molar-refractivity contribution >= 4 is 5.97 Å². The molecule has 0 aromatic rings. The number of aliphatic hydroxyl groups is 2. The van der Waals surface area contributed by atoms with Gasteiger partial charge in [0.25, 0.3) is 0 Å². The first-order chi connectivity index (χ1) is 16.4. The molecule has 5 heteroatoms. The van der Waals surface area contributed by atoms with E-state index in [9.17, 15) is 9.90 Å². The molecule has 6 rings (SSSR count). The standard InChI is InChI=1S/C29H46O4.CH4O/c1-17(30)33-26(4,5)24-10-8-19-21(32-24)15-20-18-7-9-22-25(2,3)23(31)11-12-29(22)16-28(18,29)14-13-27(19,20)6;1-2/h18-24,31H,7-16H2,1-6H3;2H,1H3/t18?,19?,20?,21?,22?,23-,24?,27+,28-,29+;/m0./s1. The van der Waals surface area contributed by atoms with Crippen molar-refractivity contribution in [3.8, 4) is 0 Å². The van der Waals surface area contributed by atoms with E-state index < -0.39 is 5.60 Å². The average Bonchev–Trinajstić information content (AvgIpc) is 3.37. The highest BCUT2D eigenvalue weighted by Crippen LogP contribution is 2.87. The monoisotopic (exact) mass is 490 g/mol. The van der Waals surface area contributed by atoms with E-state index in [1.165, 1.54) is 58.3 Å². The van der Waals surface area contributed by atoms with E-state index in [2.05, 4.69) is 20.8 Å². The Hall–Kier alpha value is -0.650. The molecule has 2 spiro atoms. The molecule has 0 amide bonds. The molecule has 1 aliphatic heterocycles. The zero-order valence-electron chi connectivity index (χ0n) is 23.2. The SMILES string of the molecule is CC(=O)OC(C)(C)C1CCC2C(CC3C4CCC5C(C)(C)[C@@H](O)CC[C@@]56C[C@@]46CC[C@]23C)O1.CO. The van der Waals surface area contributed by atoms with Crippen LogP contribution in [-0.4, -0.2) is 47.2 Å². The Balaban J connectivity index is 0.00000124. The number of esters is 1. The van der Waals surface area contributed by atoms with E-state index >= 15 is 0 Å². The summed E-state index contributed by atoms with van der Waals surface area (Å²) in [4.78, 5) is 11.7. The van der Waals surface area contributed by atoms with Gasteiger partial charge in [-0.25, -0.2) is 0 Å². The second-order valence-electron chi connectivity index (χ2n) is 14.5. The second-order valence-corrected chi connectivity index (χ2v) is 14.5. The molecule has 6 fully saturated rings. The van der Waals surface area contributed by atoms with Crippen molar-refractivity contribution in [2.75, 3.05) is 7.11 Å². The van der Waals surface area contributed by atoms with Crippen LogP contribution >= 0.6 is 0 Å². The maximum Gasteiger partial charge on any atom is 0.303 e. The number of ether oxygens (including phenoxy) is 2. The molecule has 200 valence electrons. The molecule has 5 nitrogen and oxygen atoms in total. The first kappa shape index (κ1) is 26.0. The van der Waals surface area contributed by atoms with Crippen molar-refractivity contribution in [2.45, 2.75) is 130 Å².